The zero-order chi connectivity index (χ0) is 35.5. The number of ether oxygens (including phenoxy) is 4. The summed E-state index contributed by atoms with van der Waals surface area (Å²) in [4.78, 5) is 36.7. The average molecular weight is 703 g/mol. The number of hydrogen-bond donors (Lipinski definition) is 0. The average Bonchev–Trinajstić information content (AvgIpc) is 3.78. The fourth-order valence-electron chi connectivity index (χ4n) is 7.40. The summed E-state index contributed by atoms with van der Waals surface area (Å²) in [5.41, 5.74) is 1.33. The summed E-state index contributed by atoms with van der Waals surface area (Å²) in [5, 5.41) is 2.84. The highest BCUT2D eigenvalue weighted by molar-refractivity contribution is 7.90. The molecule has 1 aliphatic carbocycles. The van der Waals surface area contributed by atoms with Crippen molar-refractivity contribution in [2.24, 2.45) is 5.92 Å². The molecule has 3 aromatic heterocycles. The van der Waals surface area contributed by atoms with Crippen LogP contribution in [0.4, 0.5) is 9.18 Å². The molecule has 2 bridgehead atoms. The lowest BCUT2D eigenvalue weighted by atomic mass is 9.79. The van der Waals surface area contributed by atoms with Crippen LogP contribution < -0.4 is 4.74 Å². The molecule has 2 aliphatic heterocycles. The van der Waals surface area contributed by atoms with Crippen molar-refractivity contribution in [3.8, 4) is 17.0 Å². The van der Waals surface area contributed by atoms with E-state index in [0.29, 0.717) is 40.6 Å². The molecule has 11 nitrogen and oxygen atoms in total. The predicted octanol–water partition coefficient (Wildman–Crippen LogP) is 6.55. The Morgan fingerprint density at radius 3 is 2.60 bits per heavy atom. The molecule has 5 aromatic rings. The fraction of sp³-hybridized carbons (Fsp3) is 0.405. The number of rotatable bonds is 9. The first-order valence-electron chi connectivity index (χ1n) is 16.5. The fourth-order valence-corrected chi connectivity index (χ4v) is 8.09. The Kier molecular flexibility index (Phi) is 8.85. The number of pyridine rings is 2. The molecule has 13 heteroatoms. The first-order valence-corrected chi connectivity index (χ1v) is 18.0. The second-order valence-electron chi connectivity index (χ2n) is 13.8. The van der Waals surface area contributed by atoms with Gasteiger partial charge in [0.2, 0.25) is 0 Å². The molecule has 2 aromatic carbocycles. The van der Waals surface area contributed by atoms with Crippen molar-refractivity contribution in [3.63, 3.8) is 0 Å². The van der Waals surface area contributed by atoms with Crippen molar-refractivity contribution in [1.82, 2.24) is 19.4 Å². The summed E-state index contributed by atoms with van der Waals surface area (Å²) < 4.78 is 54.0. The maximum Gasteiger partial charge on any atom is 0.410 e. The van der Waals surface area contributed by atoms with E-state index in [1.807, 2.05) is 57.2 Å². The second-order valence-corrected chi connectivity index (χ2v) is 15.1. The minimum absolute atomic E-state index is 0.0143. The molecule has 1 amide bonds. The Bertz CT molecular complexity index is 2150. The Hall–Kier alpha value is -4.46. The Balaban J connectivity index is 1.44. The van der Waals surface area contributed by atoms with Gasteiger partial charge in [-0.25, -0.2) is 9.18 Å². The first-order chi connectivity index (χ1) is 23.9. The lowest BCUT2D eigenvalue weighted by molar-refractivity contribution is -0.140. The molecule has 1 saturated carbocycles. The van der Waals surface area contributed by atoms with Crippen LogP contribution >= 0.6 is 0 Å². The summed E-state index contributed by atoms with van der Waals surface area (Å²) in [6, 6.07) is 12.7. The van der Waals surface area contributed by atoms with E-state index in [2.05, 4.69) is 4.57 Å². The van der Waals surface area contributed by atoms with Gasteiger partial charge in [0.05, 0.1) is 36.5 Å². The van der Waals surface area contributed by atoms with Gasteiger partial charge in [-0.15, -0.1) is 0 Å². The van der Waals surface area contributed by atoms with E-state index in [0.717, 1.165) is 22.9 Å². The van der Waals surface area contributed by atoms with E-state index in [1.54, 1.807) is 17.2 Å². The van der Waals surface area contributed by atoms with Crippen LogP contribution in [-0.4, -0.2) is 81.5 Å². The number of fused-ring (bicyclic) bond motifs is 5. The van der Waals surface area contributed by atoms with Crippen LogP contribution in [0.3, 0.4) is 0 Å². The van der Waals surface area contributed by atoms with Gasteiger partial charge in [-0.05, 0) is 62.6 Å². The van der Waals surface area contributed by atoms with Gasteiger partial charge in [-0.3, -0.25) is 9.78 Å². The summed E-state index contributed by atoms with van der Waals surface area (Å²) in [6.45, 7) is 6.02. The van der Waals surface area contributed by atoms with Crippen molar-refractivity contribution >= 4 is 55.8 Å². The van der Waals surface area contributed by atoms with Crippen LogP contribution in [0.25, 0.3) is 43.8 Å². The molecule has 0 N–H and O–H groups in total. The Morgan fingerprint density at radius 1 is 1.10 bits per heavy atom. The van der Waals surface area contributed by atoms with Crippen LogP contribution in [0.2, 0.25) is 0 Å². The van der Waals surface area contributed by atoms with Gasteiger partial charge in [0, 0.05) is 53.6 Å². The van der Waals surface area contributed by atoms with Crippen molar-refractivity contribution in [1.29, 1.82) is 0 Å². The number of benzene rings is 2. The topological polar surface area (TPSA) is 128 Å². The number of carbonyl (C=O) groups is 2. The molecule has 3 aliphatic rings. The monoisotopic (exact) mass is 702 g/mol. The largest absolute Gasteiger partial charge is 0.610 e. The third kappa shape index (κ3) is 5.90. The first kappa shape index (κ1) is 34.0. The van der Waals surface area contributed by atoms with E-state index >= 15 is 4.39 Å². The van der Waals surface area contributed by atoms with Gasteiger partial charge >= 0.3 is 12.1 Å². The maximum absolute atomic E-state index is 17.0. The lowest BCUT2D eigenvalue weighted by Gasteiger charge is -2.39. The molecule has 8 rings (SSSR count). The SMILES string of the molecule is COCOc1cc(-c2ncc3c(nc([S+](C)[O-])c4cc(CCC(=O)OC)n(C5C6CC5N(C(=O)OC(C)(C)C)C6)c43)c2F)c2ccccc2c1. The normalized spacial score (nSPS) is 19.2. The maximum atomic E-state index is 17.0. The molecule has 50 heavy (non-hydrogen) atoms. The van der Waals surface area contributed by atoms with Gasteiger partial charge in [0.15, 0.2) is 12.6 Å². The van der Waals surface area contributed by atoms with Gasteiger partial charge < -0.3 is 33.0 Å². The van der Waals surface area contributed by atoms with E-state index in [-0.39, 0.29) is 59.5 Å². The van der Waals surface area contributed by atoms with Gasteiger partial charge in [-0.2, -0.15) is 4.98 Å². The van der Waals surface area contributed by atoms with Gasteiger partial charge in [0.1, 0.15) is 28.8 Å². The highest BCUT2D eigenvalue weighted by Crippen LogP contribution is 2.53. The summed E-state index contributed by atoms with van der Waals surface area (Å²) in [7, 11) is 2.86. The van der Waals surface area contributed by atoms with E-state index in [9.17, 15) is 14.1 Å². The molecule has 262 valence electrons. The molecule has 3 fully saturated rings. The zero-order valence-corrected chi connectivity index (χ0v) is 29.6. The van der Waals surface area contributed by atoms with Crippen LogP contribution in [0.15, 0.2) is 53.7 Å². The predicted molar refractivity (Wildman–Crippen MR) is 187 cm³/mol. The minimum atomic E-state index is -1.60. The van der Waals surface area contributed by atoms with Crippen LogP contribution in [0.5, 0.6) is 5.75 Å². The van der Waals surface area contributed by atoms with Crippen LogP contribution in [0.1, 0.15) is 45.3 Å². The highest BCUT2D eigenvalue weighted by Gasteiger charge is 2.56. The van der Waals surface area contributed by atoms with Crippen molar-refractivity contribution in [2.45, 2.75) is 62.7 Å². The Labute approximate surface area is 291 Å². The van der Waals surface area contributed by atoms with Crippen LogP contribution in [0, 0.1) is 11.7 Å². The third-order valence-corrected chi connectivity index (χ3v) is 10.4. The standard InChI is InChI=1S/C37H39FN4O7S/c1-37(2,3)49-36(44)41-18-21-14-28(41)33(21)42-22(11-12-29(43)47-5)15-26-34(42)27-17-39-31(30(38)32(27)40-35(26)50(6)45)25-16-23(48-19-46-4)13-20-9-7-8-10-24(20)25/h7-10,13,15-17,21,28,33H,11-12,14,18-19H2,1-6H3. The molecular weight excluding hydrogens is 663 g/mol. The van der Waals surface area contributed by atoms with Crippen molar-refractivity contribution in [2.75, 3.05) is 33.8 Å². The van der Waals surface area contributed by atoms with Crippen LogP contribution in [-0.2, 0) is 36.6 Å². The van der Waals surface area contributed by atoms with E-state index in [1.165, 1.54) is 20.5 Å². The molecule has 5 heterocycles. The lowest BCUT2D eigenvalue weighted by Crippen LogP contribution is -2.44. The number of hydrogen-bond acceptors (Lipinski definition) is 9. The molecular formula is C37H39FN4O7S. The molecule has 0 radical (unpaired) electrons. The summed E-state index contributed by atoms with van der Waals surface area (Å²) in [5.74, 6) is -0.463. The van der Waals surface area contributed by atoms with Crippen molar-refractivity contribution < 1.29 is 37.5 Å². The quantitative estimate of drug-likeness (QED) is 0.0955. The molecule has 4 atom stereocenters. The number of esters is 1. The number of amides is 1. The second kappa shape index (κ2) is 13.0. The summed E-state index contributed by atoms with van der Waals surface area (Å²) in [6.07, 6.45) is 3.93. The Morgan fingerprint density at radius 2 is 1.88 bits per heavy atom. The highest BCUT2D eigenvalue weighted by atomic mass is 32.2. The number of nitrogens with zero attached hydrogens (tertiary/aromatic N) is 4. The smallest absolute Gasteiger partial charge is 0.410 e. The third-order valence-electron chi connectivity index (χ3n) is 9.51. The minimum Gasteiger partial charge on any atom is -0.610 e. The molecule has 2 saturated heterocycles. The zero-order valence-electron chi connectivity index (χ0n) is 28.8. The van der Waals surface area contributed by atoms with Crippen molar-refractivity contribution in [3.05, 3.63) is 60.2 Å². The number of aryl methyl sites for hydroxylation is 1. The summed E-state index contributed by atoms with van der Waals surface area (Å²) >= 11 is -1.60. The van der Waals surface area contributed by atoms with E-state index < -0.39 is 22.6 Å². The molecule has 4 unspecified atom stereocenters. The van der Waals surface area contributed by atoms with Gasteiger partial charge in [0.25, 0.3) is 5.03 Å². The number of methoxy groups -OCH3 is 2. The van der Waals surface area contributed by atoms with E-state index in [4.69, 9.17) is 28.9 Å². The number of aromatic nitrogens is 3. The molecule has 0 spiro atoms. The number of halogens is 1. The number of carbonyl (C=O) groups excluding carboxylic acids is 2. The van der Waals surface area contributed by atoms with Gasteiger partial charge in [-0.1, -0.05) is 24.3 Å².